The molecular formula is C28H35N3O4. The number of rotatable bonds is 9. The van der Waals surface area contributed by atoms with E-state index in [0.717, 1.165) is 40.1 Å². The Morgan fingerprint density at radius 1 is 1.11 bits per heavy atom. The predicted octanol–water partition coefficient (Wildman–Crippen LogP) is 4.14. The van der Waals surface area contributed by atoms with E-state index in [1.54, 1.807) is 20.4 Å². The molecule has 2 aromatic carbocycles. The zero-order chi connectivity index (χ0) is 24.8. The summed E-state index contributed by atoms with van der Waals surface area (Å²) in [4.78, 5) is 22.5. The number of methoxy groups -OCH3 is 2. The van der Waals surface area contributed by atoms with Crippen molar-refractivity contribution in [3.63, 3.8) is 0 Å². The van der Waals surface area contributed by atoms with E-state index in [1.165, 1.54) is 0 Å². The van der Waals surface area contributed by atoms with Crippen LogP contribution >= 0.6 is 0 Å². The molecule has 2 heterocycles. The maximum Gasteiger partial charge on any atom is 0.253 e. The minimum atomic E-state index is -0.522. The first-order valence-electron chi connectivity index (χ1n) is 12.2. The van der Waals surface area contributed by atoms with Crippen LogP contribution in [0.25, 0.3) is 10.9 Å². The first-order chi connectivity index (χ1) is 17.0. The van der Waals surface area contributed by atoms with Crippen molar-refractivity contribution in [2.75, 3.05) is 40.5 Å². The number of aromatic nitrogens is 1. The zero-order valence-corrected chi connectivity index (χ0v) is 21.1. The van der Waals surface area contributed by atoms with Crippen molar-refractivity contribution in [2.45, 2.75) is 33.0 Å². The van der Waals surface area contributed by atoms with Crippen LogP contribution < -0.4 is 9.47 Å². The van der Waals surface area contributed by atoms with Gasteiger partial charge in [0, 0.05) is 44.3 Å². The molecule has 4 rings (SSSR count). The Hall–Kier alpha value is -3.16. The van der Waals surface area contributed by atoms with Gasteiger partial charge in [-0.05, 0) is 29.7 Å². The van der Waals surface area contributed by atoms with Crippen molar-refractivity contribution in [3.05, 3.63) is 65.9 Å². The molecule has 1 aromatic heterocycles. The van der Waals surface area contributed by atoms with E-state index in [1.807, 2.05) is 35.2 Å². The maximum atomic E-state index is 13.7. The van der Waals surface area contributed by atoms with Crippen LogP contribution in [0.3, 0.4) is 0 Å². The molecule has 0 spiro atoms. The molecule has 0 unspecified atom stereocenters. The molecule has 1 saturated heterocycles. The fraction of sp³-hybridized carbons (Fsp3) is 0.429. The quantitative estimate of drug-likeness (QED) is 0.462. The van der Waals surface area contributed by atoms with Gasteiger partial charge in [-0.25, -0.2) is 0 Å². The molecule has 0 saturated carbocycles. The molecule has 1 fully saturated rings. The number of pyridine rings is 1. The monoisotopic (exact) mass is 477 g/mol. The van der Waals surface area contributed by atoms with Crippen LogP contribution in [0.2, 0.25) is 0 Å². The maximum absolute atomic E-state index is 13.7. The zero-order valence-electron chi connectivity index (χ0n) is 21.1. The molecular weight excluding hydrogens is 442 g/mol. The van der Waals surface area contributed by atoms with Crippen molar-refractivity contribution in [2.24, 2.45) is 5.92 Å². The highest BCUT2D eigenvalue weighted by molar-refractivity contribution is 5.84. The normalized spacial score (nSPS) is 16.4. The lowest BCUT2D eigenvalue weighted by molar-refractivity contribution is -0.151. The second kappa shape index (κ2) is 11.5. The number of ether oxygens (including phenoxy) is 3. The van der Waals surface area contributed by atoms with Crippen molar-refractivity contribution >= 4 is 16.8 Å². The number of carbonyl (C=O) groups is 1. The van der Waals surface area contributed by atoms with Crippen LogP contribution in [0.4, 0.5) is 0 Å². The summed E-state index contributed by atoms with van der Waals surface area (Å²) in [6, 6.07) is 15.9. The standard InChI is InChI=1S/C28H35N3O4/c1-20(2)16-31(17-22-9-5-8-21-10-7-13-29-27(21)22)28(32)26-19-30(14-15-35-26)18-23-24(33-3)11-6-12-25(23)34-4/h5-13,20,26H,14-19H2,1-4H3/t26-/m1/s1. The minimum Gasteiger partial charge on any atom is -0.496 e. The fourth-order valence-corrected chi connectivity index (χ4v) is 4.68. The second-order valence-electron chi connectivity index (χ2n) is 9.34. The number of hydrogen-bond acceptors (Lipinski definition) is 6. The molecule has 35 heavy (non-hydrogen) atoms. The minimum absolute atomic E-state index is 0.0170. The highest BCUT2D eigenvalue weighted by Gasteiger charge is 2.31. The van der Waals surface area contributed by atoms with Crippen LogP contribution in [-0.2, 0) is 22.6 Å². The lowest BCUT2D eigenvalue weighted by atomic mass is 10.1. The van der Waals surface area contributed by atoms with Crippen molar-refractivity contribution in [3.8, 4) is 11.5 Å². The van der Waals surface area contributed by atoms with Gasteiger partial charge in [0.25, 0.3) is 5.91 Å². The molecule has 7 nitrogen and oxygen atoms in total. The van der Waals surface area contributed by atoms with Gasteiger partial charge in [0.15, 0.2) is 0 Å². The number of benzene rings is 2. The summed E-state index contributed by atoms with van der Waals surface area (Å²) >= 11 is 0. The molecule has 3 aromatic rings. The van der Waals surface area contributed by atoms with Gasteiger partial charge in [-0.15, -0.1) is 0 Å². The molecule has 186 valence electrons. The van der Waals surface area contributed by atoms with Gasteiger partial charge < -0.3 is 19.1 Å². The molecule has 1 amide bonds. The number of carbonyl (C=O) groups excluding carboxylic acids is 1. The predicted molar refractivity (Wildman–Crippen MR) is 137 cm³/mol. The summed E-state index contributed by atoms with van der Waals surface area (Å²) in [6.07, 6.45) is 1.28. The third-order valence-corrected chi connectivity index (χ3v) is 6.31. The van der Waals surface area contributed by atoms with Crippen LogP contribution in [0.1, 0.15) is 25.0 Å². The number of hydrogen-bond donors (Lipinski definition) is 0. The lowest BCUT2D eigenvalue weighted by Crippen LogP contribution is -2.51. The molecule has 0 radical (unpaired) electrons. The Bertz CT molecular complexity index is 1120. The highest BCUT2D eigenvalue weighted by Crippen LogP contribution is 2.30. The summed E-state index contributed by atoms with van der Waals surface area (Å²) in [5, 5.41) is 1.08. The summed E-state index contributed by atoms with van der Waals surface area (Å²) in [7, 11) is 3.33. The van der Waals surface area contributed by atoms with Gasteiger partial charge in [-0.1, -0.05) is 44.2 Å². The van der Waals surface area contributed by atoms with E-state index >= 15 is 0 Å². The Balaban J connectivity index is 1.52. The lowest BCUT2D eigenvalue weighted by Gasteiger charge is -2.36. The summed E-state index contributed by atoms with van der Waals surface area (Å²) < 4.78 is 17.1. The molecule has 1 atom stereocenters. The molecule has 0 bridgehead atoms. The Kier molecular flexibility index (Phi) is 8.21. The van der Waals surface area contributed by atoms with E-state index in [0.29, 0.717) is 38.7 Å². The van der Waals surface area contributed by atoms with Crippen LogP contribution in [0, 0.1) is 5.92 Å². The van der Waals surface area contributed by atoms with Gasteiger partial charge in [0.2, 0.25) is 0 Å². The third-order valence-electron chi connectivity index (χ3n) is 6.31. The average molecular weight is 478 g/mol. The molecule has 1 aliphatic heterocycles. The first-order valence-corrected chi connectivity index (χ1v) is 12.2. The number of nitrogens with zero attached hydrogens (tertiary/aromatic N) is 3. The van der Waals surface area contributed by atoms with Gasteiger partial charge in [-0.2, -0.15) is 0 Å². The van der Waals surface area contributed by atoms with Crippen molar-refractivity contribution in [1.82, 2.24) is 14.8 Å². The molecule has 1 aliphatic rings. The Labute approximate surface area is 207 Å². The van der Waals surface area contributed by atoms with E-state index < -0.39 is 6.10 Å². The topological polar surface area (TPSA) is 64.1 Å². The summed E-state index contributed by atoms with van der Waals surface area (Å²) in [5.74, 6) is 1.91. The average Bonchev–Trinajstić information content (AvgIpc) is 2.88. The Morgan fingerprint density at radius 3 is 2.54 bits per heavy atom. The van der Waals surface area contributed by atoms with Gasteiger partial charge >= 0.3 is 0 Å². The number of para-hydroxylation sites is 1. The van der Waals surface area contributed by atoms with Gasteiger partial charge in [-0.3, -0.25) is 14.7 Å². The highest BCUT2D eigenvalue weighted by atomic mass is 16.5. The molecule has 7 heteroatoms. The van der Waals surface area contributed by atoms with E-state index in [9.17, 15) is 4.79 Å². The fourth-order valence-electron chi connectivity index (χ4n) is 4.68. The molecule has 0 N–H and O–H groups in total. The smallest absolute Gasteiger partial charge is 0.253 e. The van der Waals surface area contributed by atoms with E-state index in [2.05, 4.69) is 41.9 Å². The van der Waals surface area contributed by atoms with Crippen molar-refractivity contribution < 1.29 is 19.0 Å². The second-order valence-corrected chi connectivity index (χ2v) is 9.34. The van der Waals surface area contributed by atoms with Crippen LogP contribution in [0.15, 0.2) is 54.7 Å². The largest absolute Gasteiger partial charge is 0.496 e. The summed E-state index contributed by atoms with van der Waals surface area (Å²) in [6.45, 7) is 7.79. The van der Waals surface area contributed by atoms with Gasteiger partial charge in [0.1, 0.15) is 17.6 Å². The van der Waals surface area contributed by atoms with Crippen LogP contribution in [0.5, 0.6) is 11.5 Å². The Morgan fingerprint density at radius 2 is 1.83 bits per heavy atom. The van der Waals surface area contributed by atoms with Crippen LogP contribution in [-0.4, -0.2) is 67.3 Å². The first kappa shape index (κ1) is 24.9. The number of morpholine rings is 1. The third kappa shape index (κ3) is 5.92. The number of amides is 1. The van der Waals surface area contributed by atoms with Gasteiger partial charge in [0.05, 0.1) is 31.9 Å². The van der Waals surface area contributed by atoms with E-state index in [4.69, 9.17) is 14.2 Å². The summed E-state index contributed by atoms with van der Waals surface area (Å²) in [5.41, 5.74) is 2.96. The molecule has 0 aliphatic carbocycles. The van der Waals surface area contributed by atoms with Crippen molar-refractivity contribution in [1.29, 1.82) is 0 Å². The van der Waals surface area contributed by atoms with E-state index in [-0.39, 0.29) is 5.91 Å². The SMILES string of the molecule is COc1cccc(OC)c1CN1CCO[C@@H](C(=O)N(Cc2cccc3cccnc23)CC(C)C)C1. The number of fused-ring (bicyclic) bond motifs is 1.